The zero-order chi connectivity index (χ0) is 26.3. The van der Waals surface area contributed by atoms with Gasteiger partial charge in [-0.2, -0.15) is 28.4 Å². The summed E-state index contributed by atoms with van der Waals surface area (Å²) in [6, 6.07) is 7.33. The largest absolute Gasteiger partial charge is 0.481 e. The Kier molecular flexibility index (Phi) is 6.05. The van der Waals surface area contributed by atoms with Crippen molar-refractivity contribution < 1.29 is 17.9 Å². The lowest BCUT2D eigenvalue weighted by Crippen LogP contribution is -2.17. The lowest BCUT2D eigenvalue weighted by atomic mass is 9.97. The van der Waals surface area contributed by atoms with E-state index in [9.17, 15) is 13.2 Å². The van der Waals surface area contributed by atoms with Crippen molar-refractivity contribution in [3.8, 4) is 28.3 Å². The van der Waals surface area contributed by atoms with Crippen molar-refractivity contribution in [2.24, 2.45) is 5.92 Å². The van der Waals surface area contributed by atoms with Crippen LogP contribution in [0.25, 0.3) is 28.0 Å². The quantitative estimate of drug-likeness (QED) is 0.347. The van der Waals surface area contributed by atoms with Gasteiger partial charge in [0.15, 0.2) is 5.65 Å². The second kappa shape index (κ2) is 9.22. The lowest BCUT2D eigenvalue weighted by Gasteiger charge is -2.22. The fourth-order valence-electron chi connectivity index (χ4n) is 4.34. The maximum absolute atomic E-state index is 12.9. The summed E-state index contributed by atoms with van der Waals surface area (Å²) in [7, 11) is 1.57. The maximum atomic E-state index is 12.9. The second-order valence-corrected chi connectivity index (χ2v) is 8.94. The Balaban J connectivity index is 1.56. The fourth-order valence-corrected chi connectivity index (χ4v) is 4.34. The van der Waals surface area contributed by atoms with E-state index in [4.69, 9.17) is 10.5 Å². The van der Waals surface area contributed by atoms with Gasteiger partial charge in [-0.15, -0.1) is 5.10 Å². The predicted molar refractivity (Wildman–Crippen MR) is 130 cm³/mol. The molecule has 0 aliphatic rings. The number of alkyl halides is 3. The van der Waals surface area contributed by atoms with Crippen LogP contribution in [-0.4, -0.2) is 52.4 Å². The standard InChI is InChI=1S/C24H24F3N9O/c1-14(2)22(15-4-5-29-21(8-15)37-3)35-12-17(9-31-35)16-6-19(36-20(7-16)32-23(28)33-36)18-10-30-34(11-18)13-24(25,26)27/h4-12,14,22H,13H2,1-3H3,(H2,28,33)/t22-/m0/s1. The van der Waals surface area contributed by atoms with Crippen LogP contribution in [0.5, 0.6) is 5.88 Å². The van der Waals surface area contributed by atoms with E-state index in [0.717, 1.165) is 21.4 Å². The van der Waals surface area contributed by atoms with Crippen LogP contribution < -0.4 is 10.5 Å². The molecule has 0 unspecified atom stereocenters. The topological polar surface area (TPSA) is 114 Å². The highest BCUT2D eigenvalue weighted by atomic mass is 19.4. The Morgan fingerprint density at radius 2 is 1.81 bits per heavy atom. The zero-order valence-corrected chi connectivity index (χ0v) is 20.3. The Morgan fingerprint density at radius 3 is 2.54 bits per heavy atom. The van der Waals surface area contributed by atoms with Crippen LogP contribution in [0.1, 0.15) is 25.5 Å². The summed E-state index contributed by atoms with van der Waals surface area (Å²) >= 11 is 0. The molecular weight excluding hydrogens is 487 g/mol. The molecule has 0 saturated carbocycles. The number of hydrogen-bond acceptors (Lipinski definition) is 7. The van der Waals surface area contributed by atoms with Gasteiger partial charge in [0.25, 0.3) is 0 Å². The van der Waals surface area contributed by atoms with Gasteiger partial charge in [-0.05, 0) is 35.2 Å². The van der Waals surface area contributed by atoms with E-state index >= 15 is 0 Å². The highest BCUT2D eigenvalue weighted by Crippen LogP contribution is 2.32. The number of nitrogen functional groups attached to an aromatic ring is 1. The third-order valence-electron chi connectivity index (χ3n) is 5.88. The van der Waals surface area contributed by atoms with Gasteiger partial charge in [-0.3, -0.25) is 9.36 Å². The number of anilines is 1. The molecule has 0 radical (unpaired) electrons. The summed E-state index contributed by atoms with van der Waals surface area (Å²) in [6.07, 6.45) is 3.63. The fraction of sp³-hybridized carbons (Fsp3) is 0.292. The molecule has 37 heavy (non-hydrogen) atoms. The molecule has 2 N–H and O–H groups in total. The molecule has 5 rings (SSSR count). The van der Waals surface area contributed by atoms with E-state index in [1.165, 1.54) is 16.9 Å². The van der Waals surface area contributed by atoms with Crippen molar-refractivity contribution in [2.45, 2.75) is 32.6 Å². The number of ether oxygens (including phenoxy) is 1. The van der Waals surface area contributed by atoms with E-state index in [-0.39, 0.29) is 17.9 Å². The number of nitrogens with two attached hydrogens (primary N) is 1. The molecule has 5 aromatic heterocycles. The molecule has 0 aromatic carbocycles. The third kappa shape index (κ3) is 4.97. The van der Waals surface area contributed by atoms with E-state index in [1.807, 2.05) is 23.0 Å². The van der Waals surface area contributed by atoms with Crippen LogP contribution in [0.15, 0.2) is 55.2 Å². The molecule has 0 aliphatic carbocycles. The number of halogens is 3. The molecule has 0 saturated heterocycles. The van der Waals surface area contributed by atoms with Crippen molar-refractivity contribution in [2.75, 3.05) is 12.8 Å². The van der Waals surface area contributed by atoms with Crippen LogP contribution in [-0.2, 0) is 6.54 Å². The molecular formula is C24H24F3N9O. The Morgan fingerprint density at radius 1 is 1.03 bits per heavy atom. The minimum absolute atomic E-state index is 0.0447. The highest BCUT2D eigenvalue weighted by Gasteiger charge is 2.28. The van der Waals surface area contributed by atoms with Gasteiger partial charge < -0.3 is 10.5 Å². The second-order valence-electron chi connectivity index (χ2n) is 8.94. The van der Waals surface area contributed by atoms with Gasteiger partial charge in [0, 0.05) is 35.8 Å². The summed E-state index contributed by atoms with van der Waals surface area (Å²) in [5.41, 5.74) is 9.76. The summed E-state index contributed by atoms with van der Waals surface area (Å²) in [5, 5.41) is 12.7. The van der Waals surface area contributed by atoms with Gasteiger partial charge in [-0.25, -0.2) is 9.50 Å². The molecule has 13 heteroatoms. The van der Waals surface area contributed by atoms with Crippen LogP contribution in [0.4, 0.5) is 19.1 Å². The van der Waals surface area contributed by atoms with E-state index < -0.39 is 12.7 Å². The smallest absolute Gasteiger partial charge is 0.408 e. The number of nitrogens with zero attached hydrogens (tertiary/aromatic N) is 8. The molecule has 10 nitrogen and oxygen atoms in total. The molecule has 0 bridgehead atoms. The summed E-state index contributed by atoms with van der Waals surface area (Å²) in [6.45, 7) is 3.00. The van der Waals surface area contributed by atoms with E-state index in [1.54, 1.807) is 31.6 Å². The van der Waals surface area contributed by atoms with Gasteiger partial charge in [0.2, 0.25) is 11.8 Å². The highest BCUT2D eigenvalue weighted by molar-refractivity contribution is 5.74. The predicted octanol–water partition coefficient (Wildman–Crippen LogP) is 4.25. The summed E-state index contributed by atoms with van der Waals surface area (Å²) in [4.78, 5) is 8.45. The molecule has 192 valence electrons. The molecule has 0 spiro atoms. The van der Waals surface area contributed by atoms with Crippen molar-refractivity contribution >= 4 is 11.6 Å². The van der Waals surface area contributed by atoms with Crippen molar-refractivity contribution in [3.63, 3.8) is 0 Å². The van der Waals surface area contributed by atoms with Gasteiger partial charge >= 0.3 is 6.18 Å². The minimum atomic E-state index is -4.39. The van der Waals surface area contributed by atoms with E-state index in [0.29, 0.717) is 22.8 Å². The summed E-state index contributed by atoms with van der Waals surface area (Å²) < 4.78 is 48.1. The molecule has 5 aromatic rings. The number of hydrogen-bond donors (Lipinski definition) is 1. The average molecular weight is 512 g/mol. The lowest BCUT2D eigenvalue weighted by molar-refractivity contribution is -0.142. The normalized spacial score (nSPS) is 12.9. The van der Waals surface area contributed by atoms with E-state index in [2.05, 4.69) is 39.1 Å². The van der Waals surface area contributed by atoms with Crippen LogP contribution in [0.2, 0.25) is 0 Å². The number of methoxy groups -OCH3 is 1. The molecule has 1 atom stereocenters. The molecule has 0 fully saturated rings. The monoisotopic (exact) mass is 511 g/mol. The number of aromatic nitrogens is 8. The third-order valence-corrected chi connectivity index (χ3v) is 5.88. The number of pyridine rings is 2. The SMILES string of the molecule is COc1cc([C@H](C(C)C)n2cc(-c3cc(-c4cnn(CC(F)(F)F)c4)n4nc(N)nc4c3)cn2)ccn1. The first-order valence-electron chi connectivity index (χ1n) is 11.4. The first kappa shape index (κ1) is 24.3. The summed E-state index contributed by atoms with van der Waals surface area (Å²) in [5.74, 6) is 0.762. The van der Waals surface area contributed by atoms with Crippen LogP contribution in [0, 0.1) is 5.92 Å². The average Bonchev–Trinajstić information content (AvgIpc) is 3.57. The van der Waals surface area contributed by atoms with Gasteiger partial charge in [0.1, 0.15) is 6.54 Å². The minimum Gasteiger partial charge on any atom is -0.481 e. The maximum Gasteiger partial charge on any atom is 0.408 e. The molecule has 5 heterocycles. The molecule has 0 amide bonds. The van der Waals surface area contributed by atoms with Crippen LogP contribution in [0.3, 0.4) is 0 Å². The Bertz CT molecular complexity index is 1550. The Hall–Kier alpha value is -4.42. The van der Waals surface area contributed by atoms with Crippen molar-refractivity contribution in [1.82, 2.24) is 39.1 Å². The molecule has 0 aliphatic heterocycles. The Labute approximate surface area is 209 Å². The first-order valence-corrected chi connectivity index (χ1v) is 11.4. The van der Waals surface area contributed by atoms with Gasteiger partial charge in [-0.1, -0.05) is 13.8 Å². The zero-order valence-electron chi connectivity index (χ0n) is 20.3. The van der Waals surface area contributed by atoms with Crippen molar-refractivity contribution in [3.05, 3.63) is 60.8 Å². The van der Waals surface area contributed by atoms with Crippen molar-refractivity contribution in [1.29, 1.82) is 0 Å². The van der Waals surface area contributed by atoms with Gasteiger partial charge in [0.05, 0.1) is 31.2 Å². The first-order chi connectivity index (χ1) is 17.6. The number of rotatable bonds is 7. The van der Waals surface area contributed by atoms with Crippen LogP contribution >= 0.6 is 0 Å². The number of fused-ring (bicyclic) bond motifs is 1.